The number of carbonyl (C=O) groups excluding carboxylic acids is 1. The van der Waals surface area contributed by atoms with Crippen molar-refractivity contribution in [1.82, 2.24) is 4.90 Å². The molecule has 0 atom stereocenters. The maximum atomic E-state index is 12.0. The molecule has 2 amide bonds. The molecule has 2 N–H and O–H groups in total. The van der Waals surface area contributed by atoms with E-state index in [0.29, 0.717) is 10.7 Å². The first-order chi connectivity index (χ1) is 11.7. The lowest BCUT2D eigenvalue weighted by molar-refractivity contribution is 0.221. The van der Waals surface area contributed by atoms with Crippen LogP contribution in [0.4, 0.5) is 16.2 Å². The van der Waals surface area contributed by atoms with Crippen molar-refractivity contribution in [2.75, 3.05) is 23.7 Å². The minimum absolute atomic E-state index is 0.277. The zero-order valence-electron chi connectivity index (χ0n) is 13.6. The first kappa shape index (κ1) is 16.8. The summed E-state index contributed by atoms with van der Waals surface area (Å²) in [7, 11) is 0. The standard InChI is InChI=1S/C19H22ClN3O/c20-16-5-4-6-18(13-16)22-19(24)21-17-9-7-15(8-10-17)14-23-11-2-1-3-12-23/h4-10,13H,1-3,11-12,14H2,(H2,21,22,24). The summed E-state index contributed by atoms with van der Waals surface area (Å²) in [6.07, 6.45) is 3.94. The van der Waals surface area contributed by atoms with Gasteiger partial charge in [0.15, 0.2) is 0 Å². The monoisotopic (exact) mass is 343 g/mol. The van der Waals surface area contributed by atoms with Crippen LogP contribution in [0.15, 0.2) is 48.5 Å². The molecule has 24 heavy (non-hydrogen) atoms. The van der Waals surface area contributed by atoms with Crippen molar-refractivity contribution >= 4 is 29.0 Å². The fourth-order valence-electron chi connectivity index (χ4n) is 2.93. The number of rotatable bonds is 4. The van der Waals surface area contributed by atoms with Crippen molar-refractivity contribution in [1.29, 1.82) is 0 Å². The molecule has 1 fully saturated rings. The Morgan fingerprint density at radius 3 is 2.38 bits per heavy atom. The van der Waals surface area contributed by atoms with Crippen LogP contribution < -0.4 is 10.6 Å². The molecule has 5 heteroatoms. The molecule has 0 aromatic heterocycles. The molecule has 0 radical (unpaired) electrons. The molecule has 0 unspecified atom stereocenters. The lowest BCUT2D eigenvalue weighted by Gasteiger charge is -2.26. The molecule has 0 aliphatic carbocycles. The average Bonchev–Trinajstić information content (AvgIpc) is 2.57. The number of benzene rings is 2. The normalized spacial score (nSPS) is 15.0. The van der Waals surface area contributed by atoms with Crippen LogP contribution in [-0.4, -0.2) is 24.0 Å². The van der Waals surface area contributed by atoms with E-state index in [1.54, 1.807) is 24.3 Å². The summed E-state index contributed by atoms with van der Waals surface area (Å²) in [5.74, 6) is 0. The van der Waals surface area contributed by atoms with Gasteiger partial charge in [-0.25, -0.2) is 4.79 Å². The highest BCUT2D eigenvalue weighted by Gasteiger charge is 2.10. The fourth-order valence-corrected chi connectivity index (χ4v) is 3.12. The third-order valence-corrected chi connectivity index (χ3v) is 4.38. The van der Waals surface area contributed by atoms with Crippen molar-refractivity contribution in [3.05, 3.63) is 59.1 Å². The number of urea groups is 1. The molecule has 1 heterocycles. The Bertz CT molecular complexity index is 681. The molecule has 1 saturated heterocycles. The van der Waals surface area contributed by atoms with Gasteiger partial charge >= 0.3 is 6.03 Å². The summed E-state index contributed by atoms with van der Waals surface area (Å²) in [5, 5.41) is 6.20. The molecule has 0 spiro atoms. The van der Waals surface area contributed by atoms with E-state index in [1.165, 1.54) is 37.9 Å². The van der Waals surface area contributed by atoms with Gasteiger partial charge in [-0.15, -0.1) is 0 Å². The van der Waals surface area contributed by atoms with Crippen LogP contribution in [0.5, 0.6) is 0 Å². The van der Waals surface area contributed by atoms with E-state index in [2.05, 4.69) is 27.7 Å². The van der Waals surface area contributed by atoms with Crippen molar-refractivity contribution in [3.63, 3.8) is 0 Å². The highest BCUT2D eigenvalue weighted by Crippen LogP contribution is 2.17. The lowest BCUT2D eigenvalue weighted by Crippen LogP contribution is -2.29. The van der Waals surface area contributed by atoms with Crippen LogP contribution >= 0.6 is 11.6 Å². The first-order valence-electron chi connectivity index (χ1n) is 8.34. The Balaban J connectivity index is 1.52. The Kier molecular flexibility index (Phi) is 5.72. The van der Waals surface area contributed by atoms with Gasteiger partial charge in [-0.2, -0.15) is 0 Å². The topological polar surface area (TPSA) is 44.4 Å². The third-order valence-electron chi connectivity index (χ3n) is 4.15. The fraction of sp³-hybridized carbons (Fsp3) is 0.316. The minimum Gasteiger partial charge on any atom is -0.308 e. The van der Waals surface area contributed by atoms with Gasteiger partial charge in [0.1, 0.15) is 0 Å². The number of amides is 2. The zero-order chi connectivity index (χ0) is 16.8. The van der Waals surface area contributed by atoms with E-state index >= 15 is 0 Å². The van der Waals surface area contributed by atoms with Crippen LogP contribution in [0.25, 0.3) is 0 Å². The summed E-state index contributed by atoms with van der Waals surface area (Å²) in [4.78, 5) is 14.5. The second-order valence-electron chi connectivity index (χ2n) is 6.12. The molecular formula is C19H22ClN3O. The van der Waals surface area contributed by atoms with Gasteiger partial charge in [-0.1, -0.05) is 36.2 Å². The van der Waals surface area contributed by atoms with Crippen LogP contribution in [0.1, 0.15) is 24.8 Å². The van der Waals surface area contributed by atoms with E-state index in [1.807, 2.05) is 12.1 Å². The predicted molar refractivity (Wildman–Crippen MR) is 99.7 cm³/mol. The number of halogens is 1. The Hall–Kier alpha value is -2.04. The quantitative estimate of drug-likeness (QED) is 0.823. The minimum atomic E-state index is -0.277. The number of likely N-dealkylation sites (tertiary alicyclic amines) is 1. The lowest BCUT2D eigenvalue weighted by atomic mass is 10.1. The number of anilines is 2. The predicted octanol–water partition coefficient (Wildman–Crippen LogP) is 4.97. The summed E-state index contributed by atoms with van der Waals surface area (Å²) < 4.78 is 0. The summed E-state index contributed by atoms with van der Waals surface area (Å²) in [6, 6.07) is 14.8. The van der Waals surface area contributed by atoms with E-state index < -0.39 is 0 Å². The molecule has 126 valence electrons. The Morgan fingerprint density at radius 1 is 0.958 bits per heavy atom. The van der Waals surface area contributed by atoms with Crippen molar-refractivity contribution in [2.24, 2.45) is 0 Å². The summed E-state index contributed by atoms with van der Waals surface area (Å²) in [5.41, 5.74) is 2.72. The van der Waals surface area contributed by atoms with Gasteiger partial charge in [0.05, 0.1) is 0 Å². The number of nitrogens with zero attached hydrogens (tertiary/aromatic N) is 1. The highest BCUT2D eigenvalue weighted by atomic mass is 35.5. The Labute approximate surface area is 147 Å². The van der Waals surface area contributed by atoms with Gasteiger partial charge in [-0.05, 0) is 61.8 Å². The van der Waals surface area contributed by atoms with Gasteiger partial charge < -0.3 is 10.6 Å². The van der Waals surface area contributed by atoms with E-state index in [-0.39, 0.29) is 6.03 Å². The van der Waals surface area contributed by atoms with Crippen LogP contribution in [0, 0.1) is 0 Å². The van der Waals surface area contributed by atoms with Gasteiger partial charge in [0.2, 0.25) is 0 Å². The smallest absolute Gasteiger partial charge is 0.308 e. The average molecular weight is 344 g/mol. The summed E-state index contributed by atoms with van der Waals surface area (Å²) in [6.45, 7) is 3.35. The van der Waals surface area contributed by atoms with Crippen molar-refractivity contribution < 1.29 is 4.79 Å². The first-order valence-corrected chi connectivity index (χ1v) is 8.72. The Morgan fingerprint density at radius 2 is 1.67 bits per heavy atom. The molecule has 1 aliphatic heterocycles. The molecule has 2 aromatic carbocycles. The zero-order valence-corrected chi connectivity index (χ0v) is 14.4. The van der Waals surface area contributed by atoms with Gasteiger partial charge in [0.25, 0.3) is 0 Å². The number of hydrogen-bond donors (Lipinski definition) is 2. The van der Waals surface area contributed by atoms with Crippen LogP contribution in [-0.2, 0) is 6.54 Å². The van der Waals surface area contributed by atoms with E-state index in [0.717, 1.165) is 12.2 Å². The molecular weight excluding hydrogens is 322 g/mol. The number of carbonyl (C=O) groups is 1. The van der Waals surface area contributed by atoms with Crippen molar-refractivity contribution in [2.45, 2.75) is 25.8 Å². The number of piperidine rings is 1. The third kappa shape index (κ3) is 4.98. The van der Waals surface area contributed by atoms with Gasteiger partial charge in [0, 0.05) is 22.9 Å². The summed E-state index contributed by atoms with van der Waals surface area (Å²) >= 11 is 5.91. The van der Waals surface area contributed by atoms with E-state index in [4.69, 9.17) is 11.6 Å². The van der Waals surface area contributed by atoms with Crippen LogP contribution in [0.3, 0.4) is 0 Å². The van der Waals surface area contributed by atoms with Gasteiger partial charge in [-0.3, -0.25) is 4.90 Å². The van der Waals surface area contributed by atoms with E-state index in [9.17, 15) is 4.79 Å². The second kappa shape index (κ2) is 8.18. The van der Waals surface area contributed by atoms with Crippen molar-refractivity contribution in [3.8, 4) is 0 Å². The maximum Gasteiger partial charge on any atom is 0.323 e. The highest BCUT2D eigenvalue weighted by molar-refractivity contribution is 6.30. The SMILES string of the molecule is O=C(Nc1ccc(CN2CCCCC2)cc1)Nc1cccc(Cl)c1. The number of hydrogen-bond acceptors (Lipinski definition) is 2. The number of nitrogens with one attached hydrogen (secondary N) is 2. The molecule has 3 rings (SSSR count). The molecule has 4 nitrogen and oxygen atoms in total. The molecule has 2 aromatic rings. The molecule has 0 bridgehead atoms. The van der Waals surface area contributed by atoms with Crippen LogP contribution in [0.2, 0.25) is 5.02 Å². The molecule has 0 saturated carbocycles. The maximum absolute atomic E-state index is 12.0. The second-order valence-corrected chi connectivity index (χ2v) is 6.56. The largest absolute Gasteiger partial charge is 0.323 e. The molecule has 1 aliphatic rings.